The largest absolute Gasteiger partial charge is 0.341 e. The highest BCUT2D eigenvalue weighted by molar-refractivity contribution is 9.10. The minimum atomic E-state index is 0.332. The van der Waals surface area contributed by atoms with E-state index in [9.17, 15) is 4.79 Å². The third-order valence-electron chi connectivity index (χ3n) is 3.90. The number of halogens is 1. The van der Waals surface area contributed by atoms with Gasteiger partial charge in [-0.3, -0.25) is 4.79 Å². The van der Waals surface area contributed by atoms with Gasteiger partial charge in [0.05, 0.1) is 4.47 Å². The number of hydrogen-bond acceptors (Lipinski definition) is 4. The summed E-state index contributed by atoms with van der Waals surface area (Å²) in [6, 6.07) is 0.418. The van der Waals surface area contributed by atoms with Crippen molar-refractivity contribution in [1.82, 2.24) is 14.9 Å². The summed E-state index contributed by atoms with van der Waals surface area (Å²) in [6.45, 7) is 2.80. The molecule has 5 nitrogen and oxygen atoms in total. The van der Waals surface area contributed by atoms with E-state index in [1.54, 1.807) is 12.4 Å². The van der Waals surface area contributed by atoms with Gasteiger partial charge < -0.3 is 9.80 Å². The van der Waals surface area contributed by atoms with Crippen molar-refractivity contribution in [3.8, 4) is 0 Å². The van der Waals surface area contributed by atoms with E-state index in [0.29, 0.717) is 11.9 Å². The summed E-state index contributed by atoms with van der Waals surface area (Å²) in [5.74, 6) is 1.12. The lowest BCUT2D eigenvalue weighted by Gasteiger charge is -2.36. The molecule has 0 unspecified atom stereocenters. The first-order valence-electron chi connectivity index (χ1n) is 6.76. The standard InChI is InChI=1S/C13H17BrN4O/c14-10-8-15-13(16-9-10)17-6-3-11(4-7-17)18-5-1-2-12(18)19/h8-9,11H,1-7H2. The van der Waals surface area contributed by atoms with Crippen LogP contribution in [0.25, 0.3) is 0 Å². The summed E-state index contributed by atoms with van der Waals surface area (Å²) in [5, 5.41) is 0. The first-order valence-corrected chi connectivity index (χ1v) is 7.55. The molecule has 0 saturated carbocycles. The molecule has 0 bridgehead atoms. The fourth-order valence-corrected chi connectivity index (χ4v) is 3.11. The van der Waals surface area contributed by atoms with Crippen LogP contribution in [0.2, 0.25) is 0 Å². The predicted molar refractivity (Wildman–Crippen MR) is 75.9 cm³/mol. The number of aromatic nitrogens is 2. The number of anilines is 1. The maximum Gasteiger partial charge on any atom is 0.225 e. The summed E-state index contributed by atoms with van der Waals surface area (Å²) in [6.07, 6.45) is 7.35. The molecule has 0 radical (unpaired) electrons. The summed E-state index contributed by atoms with van der Waals surface area (Å²) < 4.78 is 0.897. The van der Waals surface area contributed by atoms with Crippen LogP contribution in [0.4, 0.5) is 5.95 Å². The average Bonchev–Trinajstić information content (AvgIpc) is 2.86. The van der Waals surface area contributed by atoms with Gasteiger partial charge >= 0.3 is 0 Å². The molecular weight excluding hydrogens is 308 g/mol. The van der Waals surface area contributed by atoms with Crippen molar-refractivity contribution >= 4 is 27.8 Å². The van der Waals surface area contributed by atoms with Crippen LogP contribution in [0.15, 0.2) is 16.9 Å². The van der Waals surface area contributed by atoms with Gasteiger partial charge in [-0.15, -0.1) is 0 Å². The van der Waals surface area contributed by atoms with Gasteiger partial charge in [-0.2, -0.15) is 0 Å². The van der Waals surface area contributed by atoms with E-state index < -0.39 is 0 Å². The Kier molecular flexibility index (Phi) is 3.68. The summed E-state index contributed by atoms with van der Waals surface area (Å²) in [7, 11) is 0. The number of hydrogen-bond donors (Lipinski definition) is 0. The van der Waals surface area contributed by atoms with Crippen molar-refractivity contribution in [2.45, 2.75) is 31.7 Å². The number of piperidine rings is 1. The third-order valence-corrected chi connectivity index (χ3v) is 4.31. The second-order valence-corrected chi connectivity index (χ2v) is 6.03. The molecule has 0 aliphatic carbocycles. The van der Waals surface area contributed by atoms with Gasteiger partial charge in [0.1, 0.15) is 0 Å². The molecule has 1 amide bonds. The van der Waals surface area contributed by atoms with Crippen LogP contribution < -0.4 is 4.90 Å². The molecule has 3 heterocycles. The highest BCUT2D eigenvalue weighted by atomic mass is 79.9. The monoisotopic (exact) mass is 324 g/mol. The number of carbonyl (C=O) groups excluding carboxylic acids is 1. The summed E-state index contributed by atoms with van der Waals surface area (Å²) in [4.78, 5) is 24.7. The zero-order valence-corrected chi connectivity index (χ0v) is 12.3. The molecule has 0 spiro atoms. The topological polar surface area (TPSA) is 49.3 Å². The predicted octanol–water partition coefficient (Wildman–Crippen LogP) is 1.83. The smallest absolute Gasteiger partial charge is 0.225 e. The van der Waals surface area contributed by atoms with E-state index in [0.717, 1.165) is 55.7 Å². The maximum absolute atomic E-state index is 11.7. The highest BCUT2D eigenvalue weighted by Gasteiger charge is 2.31. The Labute approximate surface area is 121 Å². The summed E-state index contributed by atoms with van der Waals surface area (Å²) in [5.41, 5.74) is 0. The van der Waals surface area contributed by atoms with Crippen LogP contribution in [-0.4, -0.2) is 46.5 Å². The molecule has 2 saturated heterocycles. The van der Waals surface area contributed by atoms with Crippen LogP contribution in [-0.2, 0) is 4.79 Å². The van der Waals surface area contributed by atoms with Gasteiger partial charge in [0, 0.05) is 44.5 Å². The van der Waals surface area contributed by atoms with Crippen molar-refractivity contribution in [1.29, 1.82) is 0 Å². The lowest BCUT2D eigenvalue weighted by atomic mass is 10.0. The van der Waals surface area contributed by atoms with Gasteiger partial charge in [0.25, 0.3) is 0 Å². The Bertz CT molecular complexity index is 456. The molecular formula is C13H17BrN4O. The van der Waals surface area contributed by atoms with Crippen molar-refractivity contribution in [3.05, 3.63) is 16.9 Å². The number of likely N-dealkylation sites (tertiary alicyclic amines) is 1. The molecule has 2 aliphatic rings. The normalized spacial score (nSPS) is 21.2. The fraction of sp³-hybridized carbons (Fsp3) is 0.615. The Morgan fingerprint density at radius 1 is 1.16 bits per heavy atom. The van der Waals surface area contributed by atoms with Crippen LogP contribution in [0.5, 0.6) is 0 Å². The highest BCUT2D eigenvalue weighted by Crippen LogP contribution is 2.24. The van der Waals surface area contributed by atoms with Crippen LogP contribution in [0.3, 0.4) is 0 Å². The molecule has 102 valence electrons. The van der Waals surface area contributed by atoms with E-state index in [1.165, 1.54) is 0 Å². The number of amides is 1. The second-order valence-electron chi connectivity index (χ2n) is 5.11. The van der Waals surface area contributed by atoms with Crippen molar-refractivity contribution in [3.63, 3.8) is 0 Å². The molecule has 0 aromatic carbocycles. The van der Waals surface area contributed by atoms with E-state index in [2.05, 4.69) is 35.7 Å². The Morgan fingerprint density at radius 3 is 2.42 bits per heavy atom. The van der Waals surface area contributed by atoms with Crippen molar-refractivity contribution < 1.29 is 4.79 Å². The lowest BCUT2D eigenvalue weighted by Crippen LogP contribution is -2.45. The minimum Gasteiger partial charge on any atom is -0.341 e. The van der Waals surface area contributed by atoms with Crippen LogP contribution in [0, 0.1) is 0 Å². The average molecular weight is 325 g/mol. The molecule has 2 fully saturated rings. The molecule has 3 rings (SSSR count). The first kappa shape index (κ1) is 12.8. The first-order chi connectivity index (χ1) is 9.24. The van der Waals surface area contributed by atoms with Gasteiger partial charge in [-0.1, -0.05) is 0 Å². The van der Waals surface area contributed by atoms with Gasteiger partial charge in [-0.05, 0) is 35.2 Å². The van der Waals surface area contributed by atoms with E-state index in [-0.39, 0.29) is 0 Å². The SMILES string of the molecule is O=C1CCCN1C1CCN(c2ncc(Br)cn2)CC1. The van der Waals surface area contributed by atoms with Crippen LogP contribution in [0.1, 0.15) is 25.7 Å². The number of rotatable bonds is 2. The maximum atomic E-state index is 11.7. The van der Waals surface area contributed by atoms with Crippen LogP contribution >= 0.6 is 15.9 Å². The third kappa shape index (κ3) is 2.73. The zero-order chi connectivity index (χ0) is 13.2. The Hall–Kier alpha value is -1.17. The molecule has 0 N–H and O–H groups in total. The molecule has 1 aromatic rings. The van der Waals surface area contributed by atoms with E-state index in [1.807, 2.05) is 0 Å². The minimum absolute atomic E-state index is 0.332. The number of nitrogens with zero attached hydrogens (tertiary/aromatic N) is 4. The quantitative estimate of drug-likeness (QED) is 0.832. The molecule has 0 atom stereocenters. The van der Waals surface area contributed by atoms with Crippen molar-refractivity contribution in [2.24, 2.45) is 0 Å². The lowest BCUT2D eigenvalue weighted by molar-refractivity contribution is -0.130. The second kappa shape index (κ2) is 5.45. The molecule has 19 heavy (non-hydrogen) atoms. The van der Waals surface area contributed by atoms with E-state index >= 15 is 0 Å². The zero-order valence-electron chi connectivity index (χ0n) is 10.8. The molecule has 1 aromatic heterocycles. The van der Waals surface area contributed by atoms with E-state index in [4.69, 9.17) is 0 Å². The Balaban J connectivity index is 1.60. The van der Waals surface area contributed by atoms with Gasteiger partial charge in [-0.25, -0.2) is 9.97 Å². The summed E-state index contributed by atoms with van der Waals surface area (Å²) >= 11 is 3.34. The number of carbonyl (C=O) groups is 1. The van der Waals surface area contributed by atoms with Gasteiger partial charge in [0.2, 0.25) is 11.9 Å². The Morgan fingerprint density at radius 2 is 1.84 bits per heavy atom. The fourth-order valence-electron chi connectivity index (χ4n) is 2.90. The van der Waals surface area contributed by atoms with Gasteiger partial charge in [0.15, 0.2) is 0 Å². The molecule has 2 aliphatic heterocycles. The van der Waals surface area contributed by atoms with Crippen molar-refractivity contribution in [2.75, 3.05) is 24.5 Å². The molecule has 6 heteroatoms.